The Balaban J connectivity index is 2.40. The number of benzene rings is 1. The lowest BCUT2D eigenvalue weighted by Gasteiger charge is -2.29. The highest BCUT2D eigenvalue weighted by Crippen LogP contribution is 2.25. The Kier molecular flexibility index (Phi) is 2.39. The van der Waals surface area contributed by atoms with E-state index >= 15 is 0 Å². The maximum Gasteiger partial charge on any atom is 0.195 e. The van der Waals surface area contributed by atoms with Crippen LogP contribution in [0.2, 0.25) is 0 Å². The highest BCUT2D eigenvalue weighted by molar-refractivity contribution is 5.95. The van der Waals surface area contributed by atoms with Crippen molar-refractivity contribution in [2.24, 2.45) is 10.7 Å². The minimum Gasteiger partial charge on any atom is -0.370 e. The van der Waals surface area contributed by atoms with Crippen molar-refractivity contribution in [3.8, 4) is 0 Å². The van der Waals surface area contributed by atoms with Gasteiger partial charge in [0.2, 0.25) is 0 Å². The van der Waals surface area contributed by atoms with Crippen molar-refractivity contribution in [1.29, 1.82) is 0 Å². The number of rotatable bonds is 0. The van der Waals surface area contributed by atoms with E-state index in [2.05, 4.69) is 28.1 Å². The van der Waals surface area contributed by atoms with Gasteiger partial charge in [-0.15, -0.1) is 0 Å². The lowest BCUT2D eigenvalue weighted by Crippen LogP contribution is -2.40. The van der Waals surface area contributed by atoms with Crippen LogP contribution in [0.1, 0.15) is 12.0 Å². The van der Waals surface area contributed by atoms with Gasteiger partial charge in [0.05, 0.1) is 0 Å². The first-order valence-electron chi connectivity index (χ1n) is 4.90. The summed E-state index contributed by atoms with van der Waals surface area (Å²) < 4.78 is 0. The van der Waals surface area contributed by atoms with Gasteiger partial charge >= 0.3 is 0 Å². The molecule has 0 saturated heterocycles. The zero-order chi connectivity index (χ0) is 9.97. The number of aliphatic imine (C=N–C) groups is 1. The lowest BCUT2D eigenvalue weighted by molar-refractivity contribution is 0.774. The van der Waals surface area contributed by atoms with Crippen molar-refractivity contribution in [2.75, 3.05) is 18.5 Å². The van der Waals surface area contributed by atoms with Crippen LogP contribution in [0, 0.1) is 0 Å². The number of nitrogens with two attached hydrogens (primary N) is 1. The Labute approximate surface area is 84.2 Å². The van der Waals surface area contributed by atoms with Crippen LogP contribution in [-0.2, 0) is 6.42 Å². The molecule has 0 atom stereocenters. The summed E-state index contributed by atoms with van der Waals surface area (Å²) in [7, 11) is 1.73. The molecule has 0 spiro atoms. The van der Waals surface area contributed by atoms with Crippen LogP contribution in [-0.4, -0.2) is 19.6 Å². The summed E-state index contributed by atoms with van der Waals surface area (Å²) in [6.07, 6.45) is 2.29. The van der Waals surface area contributed by atoms with Crippen molar-refractivity contribution < 1.29 is 0 Å². The molecular weight excluding hydrogens is 174 g/mol. The number of hydrogen-bond donors (Lipinski definition) is 1. The number of anilines is 1. The predicted octanol–water partition coefficient (Wildman–Crippen LogP) is 1.38. The summed E-state index contributed by atoms with van der Waals surface area (Å²) >= 11 is 0. The minimum absolute atomic E-state index is 0.608. The Morgan fingerprint density at radius 2 is 2.21 bits per heavy atom. The maximum absolute atomic E-state index is 5.84. The van der Waals surface area contributed by atoms with Gasteiger partial charge in [-0.2, -0.15) is 0 Å². The third-order valence-corrected chi connectivity index (χ3v) is 2.62. The second kappa shape index (κ2) is 3.70. The molecule has 0 radical (unpaired) electrons. The Bertz CT molecular complexity index is 357. The minimum atomic E-state index is 0.608. The molecule has 0 bridgehead atoms. The second-order valence-corrected chi connectivity index (χ2v) is 3.47. The van der Waals surface area contributed by atoms with Crippen molar-refractivity contribution in [2.45, 2.75) is 12.8 Å². The van der Waals surface area contributed by atoms with Gasteiger partial charge < -0.3 is 10.6 Å². The lowest BCUT2D eigenvalue weighted by atomic mass is 10.0. The van der Waals surface area contributed by atoms with Crippen LogP contribution in [0.4, 0.5) is 5.69 Å². The fourth-order valence-corrected chi connectivity index (χ4v) is 1.89. The second-order valence-electron chi connectivity index (χ2n) is 3.47. The third kappa shape index (κ3) is 1.45. The summed E-state index contributed by atoms with van der Waals surface area (Å²) in [5.41, 5.74) is 8.41. The van der Waals surface area contributed by atoms with Gasteiger partial charge in [-0.3, -0.25) is 4.99 Å². The molecule has 1 aromatic carbocycles. The Morgan fingerprint density at radius 3 is 3.00 bits per heavy atom. The van der Waals surface area contributed by atoms with Crippen LogP contribution in [0.15, 0.2) is 29.3 Å². The van der Waals surface area contributed by atoms with E-state index in [4.69, 9.17) is 5.73 Å². The monoisotopic (exact) mass is 189 g/mol. The normalized spacial score (nSPS) is 16.6. The molecule has 1 aromatic rings. The quantitative estimate of drug-likeness (QED) is 0.495. The largest absolute Gasteiger partial charge is 0.370 e. The standard InChI is InChI=1S/C11H15N3/c1-13-11(12)14-8-4-6-9-5-2-3-7-10(9)14/h2-3,5,7H,4,6,8H2,1H3,(H2,12,13). The van der Waals surface area contributed by atoms with Gasteiger partial charge in [-0.1, -0.05) is 18.2 Å². The first-order valence-corrected chi connectivity index (χ1v) is 4.90. The first-order chi connectivity index (χ1) is 6.83. The van der Waals surface area contributed by atoms with E-state index in [-0.39, 0.29) is 0 Å². The highest BCUT2D eigenvalue weighted by Gasteiger charge is 2.17. The average Bonchev–Trinajstić information content (AvgIpc) is 2.27. The summed E-state index contributed by atoms with van der Waals surface area (Å²) in [5.74, 6) is 0.608. The molecule has 1 heterocycles. The van der Waals surface area contributed by atoms with Crippen molar-refractivity contribution in [3.05, 3.63) is 29.8 Å². The summed E-state index contributed by atoms with van der Waals surface area (Å²) in [4.78, 5) is 6.11. The van der Waals surface area contributed by atoms with Gasteiger partial charge in [0.1, 0.15) is 0 Å². The Hall–Kier alpha value is -1.51. The third-order valence-electron chi connectivity index (χ3n) is 2.62. The molecule has 3 heteroatoms. The van der Waals surface area contributed by atoms with Crippen LogP contribution >= 0.6 is 0 Å². The van der Waals surface area contributed by atoms with Gasteiger partial charge in [0.25, 0.3) is 0 Å². The van der Waals surface area contributed by atoms with Crippen molar-refractivity contribution in [1.82, 2.24) is 0 Å². The first kappa shape index (κ1) is 9.06. The number of fused-ring (bicyclic) bond motifs is 1. The fourth-order valence-electron chi connectivity index (χ4n) is 1.89. The van der Waals surface area contributed by atoms with Crippen LogP contribution in [0.3, 0.4) is 0 Å². The van der Waals surface area contributed by atoms with Gasteiger partial charge in [0, 0.05) is 19.3 Å². The van der Waals surface area contributed by atoms with E-state index in [0.29, 0.717) is 5.96 Å². The van der Waals surface area contributed by atoms with E-state index in [9.17, 15) is 0 Å². The fraction of sp³-hybridized carbons (Fsp3) is 0.364. The topological polar surface area (TPSA) is 41.6 Å². The molecule has 0 saturated carbocycles. The highest BCUT2D eigenvalue weighted by atomic mass is 15.3. The molecule has 14 heavy (non-hydrogen) atoms. The van der Waals surface area contributed by atoms with Gasteiger partial charge in [0.15, 0.2) is 5.96 Å². The molecule has 1 aliphatic rings. The van der Waals surface area contributed by atoms with E-state index in [1.807, 2.05) is 6.07 Å². The molecule has 3 nitrogen and oxygen atoms in total. The molecule has 0 fully saturated rings. The number of aryl methyl sites for hydroxylation is 1. The van der Waals surface area contributed by atoms with Crippen molar-refractivity contribution in [3.63, 3.8) is 0 Å². The predicted molar refractivity (Wildman–Crippen MR) is 59.7 cm³/mol. The molecule has 1 aliphatic heterocycles. The SMILES string of the molecule is CN=C(N)N1CCCc2ccccc21. The molecule has 0 aromatic heterocycles. The average molecular weight is 189 g/mol. The van der Waals surface area contributed by atoms with E-state index < -0.39 is 0 Å². The molecule has 2 rings (SSSR count). The van der Waals surface area contributed by atoms with Crippen LogP contribution < -0.4 is 10.6 Å². The summed E-state index contributed by atoms with van der Waals surface area (Å²) in [6, 6.07) is 8.37. The van der Waals surface area contributed by atoms with Gasteiger partial charge in [-0.25, -0.2) is 0 Å². The van der Waals surface area contributed by atoms with Crippen molar-refractivity contribution >= 4 is 11.6 Å². The number of para-hydroxylation sites is 1. The molecule has 74 valence electrons. The summed E-state index contributed by atoms with van der Waals surface area (Å²) in [5, 5.41) is 0. The molecule has 0 aliphatic carbocycles. The van der Waals surface area contributed by atoms with Crippen LogP contribution in [0.25, 0.3) is 0 Å². The summed E-state index contributed by atoms with van der Waals surface area (Å²) in [6.45, 7) is 0.972. The molecule has 0 unspecified atom stereocenters. The zero-order valence-electron chi connectivity index (χ0n) is 8.40. The number of guanidine groups is 1. The number of nitrogens with zero attached hydrogens (tertiary/aromatic N) is 2. The Morgan fingerprint density at radius 1 is 1.43 bits per heavy atom. The van der Waals surface area contributed by atoms with E-state index in [1.54, 1.807) is 7.05 Å². The molecule has 0 amide bonds. The number of hydrogen-bond acceptors (Lipinski definition) is 1. The van der Waals surface area contributed by atoms with Gasteiger partial charge in [-0.05, 0) is 24.5 Å². The van der Waals surface area contributed by atoms with Crippen LogP contribution in [0.5, 0.6) is 0 Å². The van der Waals surface area contributed by atoms with E-state index in [0.717, 1.165) is 19.4 Å². The zero-order valence-corrected chi connectivity index (χ0v) is 8.40. The smallest absolute Gasteiger partial charge is 0.195 e. The van der Waals surface area contributed by atoms with E-state index in [1.165, 1.54) is 11.3 Å². The maximum atomic E-state index is 5.84. The molecule has 2 N–H and O–H groups in total. The molecular formula is C11H15N3.